The molecule has 26 N–H and O–H groups in total. The Morgan fingerprint density at radius 3 is 1.62 bits per heavy atom. The zero-order valence-electron chi connectivity index (χ0n) is 67.4. The van der Waals surface area contributed by atoms with Crippen LogP contribution in [0.15, 0.2) is 121 Å². The van der Waals surface area contributed by atoms with Crippen LogP contribution in [-0.2, 0) is 66.7 Å². The molecule has 0 aliphatic carbocycles. The quantitative estimate of drug-likeness (QED) is 0.0582. The molecule has 127 heavy (non-hydrogen) atoms. The summed E-state index contributed by atoms with van der Waals surface area (Å²) in [6, 6.07) is 5.99. The summed E-state index contributed by atoms with van der Waals surface area (Å²) >= 11 is 0. The summed E-state index contributed by atoms with van der Waals surface area (Å²) in [6.45, 7) is 2.35. The van der Waals surface area contributed by atoms with Crippen LogP contribution < -0.4 is 67.1 Å². The summed E-state index contributed by atoms with van der Waals surface area (Å²) < 4.78 is 74.0. The first-order chi connectivity index (χ1) is 60.4. The van der Waals surface area contributed by atoms with Crippen molar-refractivity contribution < 1.29 is 172 Å². The fourth-order valence-corrected chi connectivity index (χ4v) is 16.0. The number of fused-ring (bicyclic) bond motifs is 14. The van der Waals surface area contributed by atoms with Gasteiger partial charge in [0.1, 0.15) is 156 Å². The number of ether oxygens (including phenoxy) is 12. The molecule has 7 aromatic carbocycles. The van der Waals surface area contributed by atoms with Crippen LogP contribution in [0.1, 0.15) is 107 Å². The van der Waals surface area contributed by atoms with E-state index in [1.165, 1.54) is 81.4 Å². The minimum Gasteiger partial charge on any atom is -0.508 e. The van der Waals surface area contributed by atoms with Crippen LogP contribution in [0.4, 0.5) is 0 Å². The van der Waals surface area contributed by atoms with Gasteiger partial charge in [-0.2, -0.15) is 0 Å². The minimum absolute atomic E-state index is 0.0198. The largest absolute Gasteiger partial charge is 0.508 e. The highest BCUT2D eigenvalue weighted by Gasteiger charge is 2.52. The average Bonchev–Trinajstić information content (AvgIpc) is 0.744. The first-order valence-corrected chi connectivity index (χ1v) is 40.0. The number of esters is 1. The highest BCUT2D eigenvalue weighted by atomic mass is 16.7. The zero-order chi connectivity index (χ0) is 90.9. The van der Waals surface area contributed by atoms with Crippen molar-refractivity contribution >= 4 is 41.4 Å². The Kier molecular flexibility index (Phi) is 25.9. The second-order valence-corrected chi connectivity index (χ2v) is 31.7. The first kappa shape index (κ1) is 90.0. The van der Waals surface area contributed by atoms with Crippen molar-refractivity contribution in [1.29, 1.82) is 0 Å². The van der Waals surface area contributed by atoms with E-state index < -0.39 is 305 Å². The van der Waals surface area contributed by atoms with E-state index in [0.717, 1.165) is 67.8 Å². The van der Waals surface area contributed by atoms with Gasteiger partial charge in [-0.1, -0.05) is 36.4 Å². The smallest absolute Gasteiger partial charge is 0.333 e. The number of amides is 6. The van der Waals surface area contributed by atoms with Gasteiger partial charge < -0.3 is 182 Å². The van der Waals surface area contributed by atoms with Crippen molar-refractivity contribution in [2.75, 3.05) is 20.3 Å². The number of phenols is 4. The molecule has 28 atom stereocenters. The number of methoxy groups -OCH3 is 1. The molecule has 10 heterocycles. The predicted molar refractivity (Wildman–Crippen MR) is 424 cm³/mol. The number of aliphatic hydroxyl groups excluding tert-OH is 12. The van der Waals surface area contributed by atoms with E-state index in [9.17, 15) is 91.3 Å². The molecular weight excluding hydrogens is 1680 g/mol. The van der Waals surface area contributed by atoms with Gasteiger partial charge in [-0.25, -0.2) is 4.79 Å². The van der Waals surface area contributed by atoms with Crippen LogP contribution in [-0.4, -0.2) is 272 Å². The number of rotatable bonds is 11. The number of benzene rings is 7. The number of carbonyl (C=O) groups is 7. The van der Waals surface area contributed by atoms with Gasteiger partial charge in [-0.05, 0) is 133 Å². The van der Waals surface area contributed by atoms with E-state index in [-0.39, 0.29) is 51.7 Å². The Labute approximate surface area is 718 Å². The average molecular weight is 1770 g/mol. The number of hydrogen-bond donors (Lipinski definition) is 24. The fourth-order valence-electron chi connectivity index (χ4n) is 16.0. The van der Waals surface area contributed by atoms with E-state index in [1.54, 1.807) is 0 Å². The molecule has 0 spiro atoms. The van der Waals surface area contributed by atoms with Crippen LogP contribution in [0, 0.1) is 6.92 Å². The number of aromatic hydroxyl groups is 4. The number of aliphatic hydroxyl groups is 12. The lowest BCUT2D eigenvalue weighted by Crippen LogP contribution is -2.61. The Morgan fingerprint density at radius 2 is 0.984 bits per heavy atom. The summed E-state index contributed by atoms with van der Waals surface area (Å²) in [5, 5.41) is 198. The second-order valence-electron chi connectivity index (χ2n) is 31.7. The number of nitrogens with two attached hydrogens (primary N) is 2. The number of nitrogens with one attached hydrogen (secondary N) is 6. The van der Waals surface area contributed by atoms with Crippen molar-refractivity contribution in [3.8, 4) is 80.1 Å². The lowest BCUT2D eigenvalue weighted by molar-refractivity contribution is -0.318. The Bertz CT molecular complexity index is 5330. The normalized spacial score (nSPS) is 33.3. The van der Waals surface area contributed by atoms with E-state index in [4.69, 9.17) is 68.3 Å². The molecule has 6 amide bonds. The standard InChI is InChI=1S/C84H92N8O35/c1-28-45(97)18-35-20-46(28)122-47-19-33(9-16-44(47)96)55(86)75(109)91-60-64(100)31-5-11-38(12-6-31)120-49-21-36-22-50(74(49)127-84-72(108)69(105)66(102)52(125-84)27-117-82-70(106)67(103)63(99)30(3)119-82)121-39-13-7-32(8-14-39)73(126-53-25-42(85)62(98)29(2)118-53)61-80(114)90-59(81(115)116-4)41-23-37(94)24-48(123-83-71(107)68(104)65(101)51(26-93)124-83)54(41)40-17-34(10-15-43(40)95)56(76(110)92-61)87-78(112)58(36)88-77(111)57(35)89-79(60)113/h5-24,29-30,42,51-53,55-73,82-84,93-108H,25-27,85-86H2,1-4H3,(H,87,112)(H,88,111)(H,89,113)(H,90,114)(H,91,109)(H,92,110)/t29-,30-,42-,51+,52+,53?,55+,56+,57-,58+,59-,60+,61-,62-,63-,64+,65+,66+,67+,68-,69-,70+,71-,72+,73+,82+,83?,84-/m0/s1. The molecule has 17 rings (SSSR count). The fraction of sp³-hybridized carbons (Fsp3) is 0.417. The van der Waals surface area contributed by atoms with E-state index in [0.29, 0.717) is 0 Å². The lowest BCUT2D eigenvalue weighted by atomic mass is 9.89. The number of phenolic OH excluding ortho intramolecular Hbond substituents is 4. The van der Waals surface area contributed by atoms with Crippen molar-refractivity contribution in [3.63, 3.8) is 0 Å². The Hall–Kier alpha value is -11.8. The molecule has 4 saturated heterocycles. The first-order valence-electron chi connectivity index (χ1n) is 40.0. The number of hydrogen-bond acceptors (Lipinski definition) is 37. The molecule has 0 aromatic heterocycles. The summed E-state index contributed by atoms with van der Waals surface area (Å²) in [4.78, 5) is 111. The maximum absolute atomic E-state index is 16.9. The molecule has 0 radical (unpaired) electrons. The molecule has 7 aromatic rings. The predicted octanol–water partition coefficient (Wildman–Crippen LogP) is -2.79. The van der Waals surface area contributed by atoms with Crippen molar-refractivity contribution in [1.82, 2.24) is 31.9 Å². The molecule has 4 fully saturated rings. The van der Waals surface area contributed by atoms with Crippen LogP contribution in [0.2, 0.25) is 0 Å². The van der Waals surface area contributed by atoms with Gasteiger partial charge in [-0.15, -0.1) is 0 Å². The second kappa shape index (κ2) is 36.5. The van der Waals surface area contributed by atoms with Crippen LogP contribution >= 0.6 is 0 Å². The van der Waals surface area contributed by atoms with Crippen molar-refractivity contribution in [2.24, 2.45) is 11.5 Å². The summed E-state index contributed by atoms with van der Waals surface area (Å²) in [6.07, 6.45) is -37.1. The van der Waals surface area contributed by atoms with Gasteiger partial charge in [-0.3, -0.25) is 28.8 Å². The zero-order valence-corrected chi connectivity index (χ0v) is 67.4. The van der Waals surface area contributed by atoms with E-state index in [2.05, 4.69) is 31.9 Å². The molecule has 10 aliphatic rings. The molecule has 43 heteroatoms. The molecule has 0 saturated carbocycles. The third kappa shape index (κ3) is 17.9. The SMILES string of the molecule is COC(=O)[C@H]1NC(=O)[C@H]2NC(=O)[C@H](NC(=O)[C@@H]3NC(=O)[C@H]4NC(=O)[C@H](NC(=O)[C@H](N)c5ccc(O)c(c5)Oc5cc4cc(O)c5C)[C@H](O)c4ccc(cc4)Oc4cc3cc(c4O[C@@H]3O[C@H](CO[C@@H]4O[C@@H](C)[C@H](O)[C@@H](O)[C@H]4O)[C@@H](O)[C@H](O)[C@H]3O)Oc3ccc(cc3)[C@H]2OC2C[C@H](N)[C@@H](O)[C@H](C)O2)c2ccc(O)c(c2)-c2c(OC3O[C@H](CO)[C@@H](O)[C@H](O)[C@@H]3O)cc(O)cc21. The van der Waals surface area contributed by atoms with Crippen molar-refractivity contribution in [2.45, 2.75) is 198 Å². The molecule has 2 unspecified atom stereocenters. The van der Waals surface area contributed by atoms with E-state index >= 15 is 24.0 Å². The van der Waals surface area contributed by atoms with Gasteiger partial charge in [0.05, 0.1) is 38.6 Å². The van der Waals surface area contributed by atoms with Gasteiger partial charge >= 0.3 is 5.97 Å². The minimum atomic E-state index is -2.46. The van der Waals surface area contributed by atoms with Crippen LogP contribution in [0.5, 0.6) is 69.0 Å². The molecular formula is C84H92N8O35. The maximum Gasteiger partial charge on any atom is 0.333 e. The maximum atomic E-state index is 16.9. The van der Waals surface area contributed by atoms with Gasteiger partial charge in [0, 0.05) is 40.8 Å². The summed E-state index contributed by atoms with van der Waals surface area (Å²) in [7, 11) is 0.901. The highest BCUT2D eigenvalue weighted by Crippen LogP contribution is 2.50. The third-order valence-corrected chi connectivity index (χ3v) is 23.3. The van der Waals surface area contributed by atoms with Gasteiger partial charge in [0.2, 0.25) is 53.8 Å². The summed E-state index contributed by atoms with van der Waals surface area (Å²) in [5.74, 6) is -16.2. The Morgan fingerprint density at radius 1 is 0.465 bits per heavy atom. The van der Waals surface area contributed by atoms with Gasteiger partial charge in [0.15, 0.2) is 41.6 Å². The molecule has 10 aliphatic heterocycles. The topological polar surface area (TPSA) is 678 Å². The molecule has 678 valence electrons. The Balaban J connectivity index is 0.966. The highest BCUT2D eigenvalue weighted by molar-refractivity contribution is 6.00. The number of carbonyl (C=O) groups excluding carboxylic acids is 7. The van der Waals surface area contributed by atoms with Crippen LogP contribution in [0.3, 0.4) is 0 Å². The third-order valence-electron chi connectivity index (χ3n) is 23.3. The monoisotopic (exact) mass is 1770 g/mol. The lowest BCUT2D eigenvalue weighted by Gasteiger charge is -2.42. The van der Waals surface area contributed by atoms with Gasteiger partial charge in [0.25, 0.3) is 0 Å². The molecule has 43 nitrogen and oxygen atoms in total. The van der Waals surface area contributed by atoms with Crippen molar-refractivity contribution in [3.05, 3.63) is 166 Å². The van der Waals surface area contributed by atoms with Crippen LogP contribution in [0.25, 0.3) is 11.1 Å². The van der Waals surface area contributed by atoms with E-state index in [1.807, 2.05) is 0 Å². The molecule has 17 bridgehead atoms. The summed E-state index contributed by atoms with van der Waals surface area (Å²) in [5.41, 5.74) is 9.79.